The van der Waals surface area contributed by atoms with Crippen molar-refractivity contribution >= 4 is 0 Å². The molecule has 1 aliphatic heterocycles. The summed E-state index contributed by atoms with van der Waals surface area (Å²) in [5.74, 6) is 2.80. The SMILES string of the molecule is CCc1nnc(CN(C)CC2Cc3c(C)nc(C)nc3O2)o1. The smallest absolute Gasteiger partial charge is 0.230 e. The molecule has 0 radical (unpaired) electrons. The van der Waals surface area contributed by atoms with Crippen LogP contribution in [0.15, 0.2) is 4.42 Å². The summed E-state index contributed by atoms with van der Waals surface area (Å²) in [7, 11) is 2.02. The van der Waals surface area contributed by atoms with Crippen LogP contribution in [0.25, 0.3) is 0 Å². The largest absolute Gasteiger partial charge is 0.472 e. The van der Waals surface area contributed by atoms with Crippen LogP contribution in [0.1, 0.15) is 35.8 Å². The summed E-state index contributed by atoms with van der Waals surface area (Å²) in [6.45, 7) is 7.28. The molecule has 1 aliphatic rings. The number of ether oxygens (including phenoxy) is 1. The van der Waals surface area contributed by atoms with Gasteiger partial charge in [-0.05, 0) is 20.9 Å². The van der Waals surface area contributed by atoms with E-state index in [9.17, 15) is 0 Å². The minimum absolute atomic E-state index is 0.0865. The molecule has 2 aromatic heterocycles. The Morgan fingerprint density at radius 3 is 2.68 bits per heavy atom. The summed E-state index contributed by atoms with van der Waals surface area (Å²) < 4.78 is 11.5. The van der Waals surface area contributed by atoms with E-state index >= 15 is 0 Å². The normalized spacial score (nSPS) is 16.9. The van der Waals surface area contributed by atoms with Crippen molar-refractivity contribution in [3.63, 3.8) is 0 Å². The fraction of sp³-hybridized carbons (Fsp3) is 0.600. The average molecular weight is 303 g/mol. The predicted octanol–water partition coefficient (Wildman–Crippen LogP) is 1.47. The number of likely N-dealkylation sites (N-methyl/N-ethyl adjacent to an activating group) is 1. The Kier molecular flexibility index (Phi) is 4.06. The Labute approximate surface area is 129 Å². The molecule has 22 heavy (non-hydrogen) atoms. The fourth-order valence-electron chi connectivity index (χ4n) is 2.70. The Balaban J connectivity index is 1.59. The molecule has 0 N–H and O–H groups in total. The lowest BCUT2D eigenvalue weighted by Crippen LogP contribution is -2.31. The first-order chi connectivity index (χ1) is 10.5. The number of hydrogen-bond acceptors (Lipinski definition) is 7. The zero-order valence-corrected chi connectivity index (χ0v) is 13.5. The van der Waals surface area contributed by atoms with Crippen LogP contribution in [-0.2, 0) is 19.4 Å². The molecule has 0 amide bonds. The molecule has 3 rings (SSSR count). The Morgan fingerprint density at radius 1 is 1.18 bits per heavy atom. The van der Waals surface area contributed by atoms with Gasteiger partial charge in [0.2, 0.25) is 17.7 Å². The quantitative estimate of drug-likeness (QED) is 0.827. The van der Waals surface area contributed by atoms with Crippen LogP contribution >= 0.6 is 0 Å². The van der Waals surface area contributed by atoms with E-state index in [4.69, 9.17) is 9.15 Å². The lowest BCUT2D eigenvalue weighted by Gasteiger charge is -2.18. The molecule has 2 aromatic rings. The molecule has 0 saturated carbocycles. The molecule has 0 bridgehead atoms. The molecule has 3 heterocycles. The molecule has 1 atom stereocenters. The van der Waals surface area contributed by atoms with Crippen LogP contribution in [0.5, 0.6) is 5.88 Å². The average Bonchev–Trinajstić information content (AvgIpc) is 3.05. The van der Waals surface area contributed by atoms with Gasteiger partial charge < -0.3 is 9.15 Å². The van der Waals surface area contributed by atoms with E-state index in [1.807, 2.05) is 27.8 Å². The van der Waals surface area contributed by atoms with Gasteiger partial charge in [-0.3, -0.25) is 4.90 Å². The van der Waals surface area contributed by atoms with Gasteiger partial charge in [-0.1, -0.05) is 6.92 Å². The number of aromatic nitrogens is 4. The van der Waals surface area contributed by atoms with Crippen LogP contribution in [0.3, 0.4) is 0 Å². The number of rotatable bonds is 5. The number of hydrogen-bond donors (Lipinski definition) is 0. The summed E-state index contributed by atoms with van der Waals surface area (Å²) >= 11 is 0. The molecule has 0 aromatic carbocycles. The molecule has 0 saturated heterocycles. The Hall–Kier alpha value is -2.02. The molecule has 7 heteroatoms. The highest BCUT2D eigenvalue weighted by Crippen LogP contribution is 2.28. The standard InChI is InChI=1S/C15H21N5O2/c1-5-13-18-19-14(22-13)8-20(4)7-11-6-12-9(2)16-10(3)17-15(12)21-11/h11H,5-8H2,1-4H3. The summed E-state index contributed by atoms with van der Waals surface area (Å²) in [4.78, 5) is 10.9. The highest BCUT2D eigenvalue weighted by molar-refractivity contribution is 5.34. The van der Waals surface area contributed by atoms with E-state index < -0.39 is 0 Å². The molecule has 1 unspecified atom stereocenters. The van der Waals surface area contributed by atoms with Gasteiger partial charge in [-0.25, -0.2) is 4.98 Å². The van der Waals surface area contributed by atoms with Crippen molar-refractivity contribution < 1.29 is 9.15 Å². The van der Waals surface area contributed by atoms with E-state index in [-0.39, 0.29) is 6.10 Å². The first-order valence-corrected chi connectivity index (χ1v) is 7.55. The maximum atomic E-state index is 5.94. The van der Waals surface area contributed by atoms with Gasteiger partial charge in [0.05, 0.1) is 6.54 Å². The van der Waals surface area contributed by atoms with Crippen molar-refractivity contribution in [2.75, 3.05) is 13.6 Å². The van der Waals surface area contributed by atoms with Gasteiger partial charge in [-0.15, -0.1) is 10.2 Å². The van der Waals surface area contributed by atoms with Crippen molar-refractivity contribution in [2.45, 2.75) is 46.3 Å². The predicted molar refractivity (Wildman–Crippen MR) is 79.6 cm³/mol. The van der Waals surface area contributed by atoms with Crippen molar-refractivity contribution in [1.29, 1.82) is 0 Å². The lowest BCUT2D eigenvalue weighted by molar-refractivity contribution is 0.154. The zero-order valence-electron chi connectivity index (χ0n) is 13.5. The highest BCUT2D eigenvalue weighted by atomic mass is 16.5. The minimum atomic E-state index is 0.0865. The third kappa shape index (κ3) is 3.09. The van der Waals surface area contributed by atoms with Crippen LogP contribution in [0.2, 0.25) is 0 Å². The minimum Gasteiger partial charge on any atom is -0.472 e. The van der Waals surface area contributed by atoms with Crippen molar-refractivity contribution in [2.24, 2.45) is 0 Å². The fourth-order valence-corrected chi connectivity index (χ4v) is 2.70. The Bertz CT molecular complexity index is 670. The van der Waals surface area contributed by atoms with Crippen LogP contribution in [0.4, 0.5) is 0 Å². The maximum Gasteiger partial charge on any atom is 0.230 e. The van der Waals surface area contributed by atoms with Gasteiger partial charge in [0, 0.05) is 30.6 Å². The second kappa shape index (κ2) is 6.00. The first kappa shape index (κ1) is 14.9. The summed E-state index contributed by atoms with van der Waals surface area (Å²) in [5, 5.41) is 8.03. The van der Waals surface area contributed by atoms with E-state index in [1.165, 1.54) is 0 Å². The van der Waals surface area contributed by atoms with Gasteiger partial charge in [-0.2, -0.15) is 4.98 Å². The third-order valence-corrected chi connectivity index (χ3v) is 3.73. The van der Waals surface area contributed by atoms with E-state index in [1.54, 1.807) is 0 Å². The second-order valence-corrected chi connectivity index (χ2v) is 5.72. The molecule has 118 valence electrons. The number of fused-ring (bicyclic) bond motifs is 1. The first-order valence-electron chi connectivity index (χ1n) is 7.55. The Morgan fingerprint density at radius 2 is 1.95 bits per heavy atom. The van der Waals surface area contributed by atoms with Crippen LogP contribution in [0, 0.1) is 13.8 Å². The van der Waals surface area contributed by atoms with Gasteiger partial charge >= 0.3 is 0 Å². The summed E-state index contributed by atoms with van der Waals surface area (Å²) in [6, 6.07) is 0. The van der Waals surface area contributed by atoms with Gasteiger partial charge in [0.15, 0.2) is 0 Å². The number of nitrogens with zero attached hydrogens (tertiary/aromatic N) is 5. The molecule has 0 aliphatic carbocycles. The number of aryl methyl sites for hydroxylation is 3. The molecule has 7 nitrogen and oxygen atoms in total. The molecule has 0 fully saturated rings. The van der Waals surface area contributed by atoms with Crippen LogP contribution < -0.4 is 4.74 Å². The van der Waals surface area contributed by atoms with Gasteiger partial charge in [0.1, 0.15) is 11.9 Å². The van der Waals surface area contributed by atoms with E-state index in [0.29, 0.717) is 18.3 Å². The van der Waals surface area contributed by atoms with Crippen molar-refractivity contribution in [3.8, 4) is 5.88 Å². The maximum absolute atomic E-state index is 5.94. The van der Waals surface area contributed by atoms with Gasteiger partial charge in [0.25, 0.3) is 0 Å². The van der Waals surface area contributed by atoms with E-state index in [0.717, 1.165) is 42.3 Å². The van der Waals surface area contributed by atoms with Crippen molar-refractivity contribution in [3.05, 3.63) is 28.9 Å². The topological polar surface area (TPSA) is 77.2 Å². The molecular formula is C15H21N5O2. The summed E-state index contributed by atoms with van der Waals surface area (Å²) in [5.41, 5.74) is 2.13. The van der Waals surface area contributed by atoms with Crippen molar-refractivity contribution in [1.82, 2.24) is 25.1 Å². The molecular weight excluding hydrogens is 282 g/mol. The highest BCUT2D eigenvalue weighted by Gasteiger charge is 2.28. The zero-order chi connectivity index (χ0) is 15.7. The van der Waals surface area contributed by atoms with E-state index in [2.05, 4.69) is 25.1 Å². The monoisotopic (exact) mass is 303 g/mol. The lowest BCUT2D eigenvalue weighted by atomic mass is 10.1. The van der Waals surface area contributed by atoms with Crippen LogP contribution in [-0.4, -0.2) is 44.8 Å². The second-order valence-electron chi connectivity index (χ2n) is 5.72. The third-order valence-electron chi connectivity index (χ3n) is 3.73. The summed E-state index contributed by atoms with van der Waals surface area (Å²) in [6.07, 6.45) is 1.69. The molecule has 0 spiro atoms.